The van der Waals surface area contributed by atoms with Gasteiger partial charge >= 0.3 is 6.18 Å². The zero-order chi connectivity index (χ0) is 19.4. The maximum atomic E-state index is 13.2. The standard InChI is InChI=1S/C17H23F3N2O3S/c1-26(24,25)22(15-10-6-5-9-14(15)17(18,19)20)12-11-16(23)21-13-7-3-2-4-8-13/h5-6,9-10,13H,2-4,7-8,11-12H2,1H3,(H,21,23). The molecular weight excluding hydrogens is 369 g/mol. The fraction of sp³-hybridized carbons (Fsp3) is 0.588. The van der Waals surface area contributed by atoms with Gasteiger partial charge in [-0.3, -0.25) is 9.10 Å². The first-order valence-corrected chi connectivity index (χ1v) is 10.4. The number of hydrogen-bond donors (Lipinski definition) is 1. The molecule has 1 amide bonds. The molecule has 0 spiro atoms. The Labute approximate surface area is 151 Å². The number of amides is 1. The summed E-state index contributed by atoms with van der Waals surface area (Å²) in [6.07, 6.45) is 0.872. The van der Waals surface area contributed by atoms with Gasteiger partial charge in [-0.15, -0.1) is 0 Å². The monoisotopic (exact) mass is 392 g/mol. The molecule has 0 atom stereocenters. The van der Waals surface area contributed by atoms with Crippen molar-refractivity contribution < 1.29 is 26.4 Å². The zero-order valence-corrected chi connectivity index (χ0v) is 15.4. The Balaban J connectivity index is 2.13. The van der Waals surface area contributed by atoms with E-state index >= 15 is 0 Å². The van der Waals surface area contributed by atoms with Gasteiger partial charge in [0.15, 0.2) is 0 Å². The second-order valence-corrected chi connectivity index (χ2v) is 8.41. The molecular formula is C17H23F3N2O3S. The van der Waals surface area contributed by atoms with E-state index in [-0.39, 0.29) is 24.9 Å². The van der Waals surface area contributed by atoms with E-state index in [0.29, 0.717) is 4.31 Å². The van der Waals surface area contributed by atoms with Gasteiger partial charge in [0.25, 0.3) is 0 Å². The van der Waals surface area contributed by atoms with Crippen LogP contribution in [0.4, 0.5) is 18.9 Å². The van der Waals surface area contributed by atoms with Gasteiger partial charge in [0, 0.05) is 19.0 Å². The Bertz CT molecular complexity index is 729. The molecule has 1 aromatic rings. The van der Waals surface area contributed by atoms with Gasteiger partial charge in [-0.2, -0.15) is 13.2 Å². The molecule has 0 aromatic heterocycles. The highest BCUT2D eigenvalue weighted by atomic mass is 32.2. The number of nitrogens with one attached hydrogen (secondary N) is 1. The maximum Gasteiger partial charge on any atom is 0.418 e. The van der Waals surface area contributed by atoms with E-state index < -0.39 is 27.5 Å². The zero-order valence-electron chi connectivity index (χ0n) is 14.6. The summed E-state index contributed by atoms with van der Waals surface area (Å²) in [5.74, 6) is -0.352. The van der Waals surface area contributed by atoms with Crippen LogP contribution in [-0.4, -0.2) is 33.2 Å². The number of anilines is 1. The van der Waals surface area contributed by atoms with Crippen molar-refractivity contribution in [2.45, 2.75) is 50.7 Å². The highest BCUT2D eigenvalue weighted by Crippen LogP contribution is 2.37. The molecule has 1 aliphatic rings. The van der Waals surface area contributed by atoms with Gasteiger partial charge in [-0.05, 0) is 25.0 Å². The lowest BCUT2D eigenvalue weighted by molar-refractivity contribution is -0.137. The molecule has 146 valence electrons. The van der Waals surface area contributed by atoms with Gasteiger partial charge < -0.3 is 5.32 Å². The fourth-order valence-electron chi connectivity index (χ4n) is 3.15. The number of benzene rings is 1. The number of halogens is 3. The van der Waals surface area contributed by atoms with Crippen LogP contribution in [0, 0.1) is 0 Å². The van der Waals surface area contributed by atoms with Crippen LogP contribution in [0.3, 0.4) is 0 Å². The second-order valence-electron chi connectivity index (χ2n) is 6.50. The van der Waals surface area contributed by atoms with Crippen LogP contribution < -0.4 is 9.62 Å². The minimum atomic E-state index is -4.69. The Hall–Kier alpha value is -1.77. The highest BCUT2D eigenvalue weighted by molar-refractivity contribution is 7.92. The molecule has 0 aliphatic heterocycles. The molecule has 26 heavy (non-hydrogen) atoms. The van der Waals surface area contributed by atoms with E-state index in [0.717, 1.165) is 50.5 Å². The number of carbonyl (C=O) groups is 1. The van der Waals surface area contributed by atoms with Crippen molar-refractivity contribution in [1.82, 2.24) is 5.32 Å². The molecule has 1 saturated carbocycles. The van der Waals surface area contributed by atoms with Crippen LogP contribution in [0.1, 0.15) is 44.1 Å². The predicted molar refractivity (Wildman–Crippen MR) is 93.3 cm³/mol. The summed E-state index contributed by atoms with van der Waals surface area (Å²) in [6.45, 7) is -0.343. The van der Waals surface area contributed by atoms with E-state index in [2.05, 4.69) is 5.32 Å². The summed E-state index contributed by atoms with van der Waals surface area (Å²) in [5, 5.41) is 2.84. The largest absolute Gasteiger partial charge is 0.418 e. The third-order valence-electron chi connectivity index (χ3n) is 4.39. The van der Waals surface area contributed by atoms with Crippen LogP contribution in [0.25, 0.3) is 0 Å². The number of rotatable bonds is 6. The number of hydrogen-bond acceptors (Lipinski definition) is 3. The topological polar surface area (TPSA) is 66.5 Å². The van der Waals surface area contributed by atoms with Crippen LogP contribution in [-0.2, 0) is 21.0 Å². The van der Waals surface area contributed by atoms with Crippen LogP contribution in [0.2, 0.25) is 0 Å². The first-order valence-electron chi connectivity index (χ1n) is 8.52. The molecule has 0 radical (unpaired) electrons. The molecule has 1 N–H and O–H groups in total. The average molecular weight is 392 g/mol. The SMILES string of the molecule is CS(=O)(=O)N(CCC(=O)NC1CCCCC1)c1ccccc1C(F)(F)F. The molecule has 1 aromatic carbocycles. The molecule has 1 aliphatic carbocycles. The molecule has 1 fully saturated rings. The Kier molecular flexibility index (Phi) is 6.54. The van der Waals surface area contributed by atoms with E-state index in [4.69, 9.17) is 0 Å². The van der Waals surface area contributed by atoms with Crippen molar-refractivity contribution in [1.29, 1.82) is 0 Å². The first kappa shape index (κ1) is 20.5. The van der Waals surface area contributed by atoms with Crippen LogP contribution in [0.5, 0.6) is 0 Å². The van der Waals surface area contributed by atoms with Crippen LogP contribution >= 0.6 is 0 Å². The van der Waals surface area contributed by atoms with Crippen molar-refractivity contribution >= 4 is 21.6 Å². The predicted octanol–water partition coefficient (Wildman–Crippen LogP) is 3.31. The third-order valence-corrected chi connectivity index (χ3v) is 5.57. The summed E-state index contributed by atoms with van der Waals surface area (Å²) >= 11 is 0. The van der Waals surface area contributed by atoms with Gasteiger partial charge in [0.2, 0.25) is 15.9 Å². The van der Waals surface area contributed by atoms with E-state index in [1.165, 1.54) is 12.1 Å². The van der Waals surface area contributed by atoms with Crippen molar-refractivity contribution in [3.8, 4) is 0 Å². The highest BCUT2D eigenvalue weighted by Gasteiger charge is 2.36. The van der Waals surface area contributed by atoms with Crippen molar-refractivity contribution in [3.63, 3.8) is 0 Å². The minimum Gasteiger partial charge on any atom is -0.353 e. The van der Waals surface area contributed by atoms with Crippen LogP contribution in [0.15, 0.2) is 24.3 Å². The van der Waals surface area contributed by atoms with Crippen molar-refractivity contribution in [3.05, 3.63) is 29.8 Å². The molecule has 0 bridgehead atoms. The normalized spacial score (nSPS) is 16.3. The lowest BCUT2D eigenvalue weighted by Crippen LogP contribution is -2.39. The number of para-hydroxylation sites is 1. The number of sulfonamides is 1. The number of nitrogens with zero attached hydrogens (tertiary/aromatic N) is 1. The first-order chi connectivity index (χ1) is 12.1. The molecule has 5 nitrogen and oxygen atoms in total. The fourth-order valence-corrected chi connectivity index (χ4v) is 4.09. The summed E-state index contributed by atoms with van der Waals surface area (Å²) in [5.41, 5.74) is -1.51. The lowest BCUT2D eigenvalue weighted by Gasteiger charge is -2.26. The summed E-state index contributed by atoms with van der Waals surface area (Å²) in [6, 6.07) is 4.52. The summed E-state index contributed by atoms with van der Waals surface area (Å²) < 4.78 is 64.3. The molecule has 0 unspecified atom stereocenters. The van der Waals surface area contributed by atoms with Gasteiger partial charge in [-0.25, -0.2) is 8.42 Å². The minimum absolute atomic E-state index is 0.0606. The maximum absolute atomic E-state index is 13.2. The van der Waals surface area contributed by atoms with Crippen molar-refractivity contribution in [2.24, 2.45) is 0 Å². The molecule has 0 saturated heterocycles. The third kappa shape index (κ3) is 5.62. The smallest absolute Gasteiger partial charge is 0.353 e. The van der Waals surface area contributed by atoms with Gasteiger partial charge in [0.1, 0.15) is 0 Å². The van der Waals surface area contributed by atoms with E-state index in [1.54, 1.807) is 0 Å². The van der Waals surface area contributed by atoms with E-state index in [1.807, 2.05) is 0 Å². The second kappa shape index (κ2) is 8.28. The Morgan fingerprint density at radius 3 is 2.38 bits per heavy atom. The Morgan fingerprint density at radius 1 is 1.19 bits per heavy atom. The van der Waals surface area contributed by atoms with Gasteiger partial charge in [-0.1, -0.05) is 31.4 Å². The lowest BCUT2D eigenvalue weighted by atomic mass is 9.95. The number of alkyl halides is 3. The molecule has 0 heterocycles. The van der Waals surface area contributed by atoms with Crippen molar-refractivity contribution in [2.75, 3.05) is 17.1 Å². The van der Waals surface area contributed by atoms with Gasteiger partial charge in [0.05, 0.1) is 17.5 Å². The summed E-state index contributed by atoms with van der Waals surface area (Å²) in [4.78, 5) is 12.1. The molecule has 9 heteroatoms. The summed E-state index contributed by atoms with van der Waals surface area (Å²) in [7, 11) is -3.98. The molecule has 2 rings (SSSR count). The average Bonchev–Trinajstić information content (AvgIpc) is 2.54. The Morgan fingerprint density at radius 2 is 1.81 bits per heavy atom. The van der Waals surface area contributed by atoms with E-state index in [9.17, 15) is 26.4 Å². The quantitative estimate of drug-likeness (QED) is 0.808. The number of carbonyl (C=O) groups excluding carboxylic acids is 1.